The van der Waals surface area contributed by atoms with E-state index in [4.69, 9.17) is 10.00 Å². The van der Waals surface area contributed by atoms with Gasteiger partial charge in [-0.15, -0.1) is 0 Å². The van der Waals surface area contributed by atoms with Crippen LogP contribution in [0.2, 0.25) is 0 Å². The van der Waals surface area contributed by atoms with Crippen LogP contribution in [0, 0.1) is 17.2 Å². The Hall–Kier alpha value is -4.24. The largest absolute Gasteiger partial charge is 0.449 e. The van der Waals surface area contributed by atoms with Gasteiger partial charge in [0.15, 0.2) is 0 Å². The SMILES string of the molecule is CCNC(=O)OCC1CC(Nc2cc(-c3ccc4cc(C#N)cnn34)ncc2C(=O)NC[C@@H](F)C(C)(C)O)C1. The minimum Gasteiger partial charge on any atom is -0.449 e. The zero-order valence-corrected chi connectivity index (χ0v) is 22.1. The first kappa shape index (κ1) is 27.8. The van der Waals surface area contributed by atoms with Crippen molar-refractivity contribution in [1.82, 2.24) is 25.2 Å². The lowest BCUT2D eigenvalue weighted by Crippen LogP contribution is -2.42. The van der Waals surface area contributed by atoms with Crippen molar-refractivity contribution < 1.29 is 23.8 Å². The van der Waals surface area contributed by atoms with Crippen molar-refractivity contribution in [2.75, 3.05) is 25.0 Å². The van der Waals surface area contributed by atoms with Crippen molar-refractivity contribution in [3.8, 4) is 17.5 Å². The zero-order chi connectivity index (χ0) is 28.2. The van der Waals surface area contributed by atoms with E-state index in [-0.39, 0.29) is 24.1 Å². The van der Waals surface area contributed by atoms with Crippen LogP contribution in [0.1, 0.15) is 49.5 Å². The van der Waals surface area contributed by atoms with Gasteiger partial charge in [0.2, 0.25) is 0 Å². The van der Waals surface area contributed by atoms with Gasteiger partial charge in [0.25, 0.3) is 5.91 Å². The third-order valence-electron chi connectivity index (χ3n) is 6.62. The number of aromatic nitrogens is 3. The standard InChI is InChI=1S/C27H32FN7O4/c1-4-30-26(37)39-15-16-7-18(8-16)34-21-10-22(23-6-5-19-9-17(11-29)12-33-35(19)23)31-13-20(21)25(36)32-14-24(28)27(2,3)38/h5-6,9-10,12-13,16,18,24,38H,4,7-8,14-15H2,1-3H3,(H,30,37)(H,31,34)(H,32,36)/t16?,18?,24-/m1/s1. The highest BCUT2D eigenvalue weighted by Gasteiger charge is 2.32. The number of fused-ring (bicyclic) bond motifs is 1. The Morgan fingerprint density at radius 3 is 2.74 bits per heavy atom. The predicted molar refractivity (Wildman–Crippen MR) is 142 cm³/mol. The molecular formula is C27H32FN7O4. The summed E-state index contributed by atoms with van der Waals surface area (Å²) in [4.78, 5) is 29.1. The first-order valence-electron chi connectivity index (χ1n) is 12.8. The van der Waals surface area contributed by atoms with Gasteiger partial charge < -0.3 is 25.8 Å². The van der Waals surface area contributed by atoms with E-state index in [1.165, 1.54) is 26.2 Å². The van der Waals surface area contributed by atoms with E-state index < -0.39 is 23.8 Å². The second-order valence-corrected chi connectivity index (χ2v) is 10.2. The summed E-state index contributed by atoms with van der Waals surface area (Å²) >= 11 is 0. The minimum atomic E-state index is -1.65. The van der Waals surface area contributed by atoms with Gasteiger partial charge in [-0.2, -0.15) is 10.4 Å². The molecule has 0 aromatic carbocycles. The minimum absolute atomic E-state index is 0.0281. The second-order valence-electron chi connectivity index (χ2n) is 10.2. The summed E-state index contributed by atoms with van der Waals surface area (Å²) in [6.45, 7) is 4.93. The lowest BCUT2D eigenvalue weighted by Gasteiger charge is -2.36. The maximum atomic E-state index is 14.3. The number of alkyl halides is 1. The molecule has 2 amide bonds. The maximum Gasteiger partial charge on any atom is 0.407 e. The molecular weight excluding hydrogens is 505 g/mol. The zero-order valence-electron chi connectivity index (χ0n) is 22.1. The van der Waals surface area contributed by atoms with E-state index in [0.717, 1.165) is 18.4 Å². The molecule has 12 heteroatoms. The normalized spacial score (nSPS) is 17.5. The van der Waals surface area contributed by atoms with Crippen LogP contribution in [0.5, 0.6) is 0 Å². The second kappa shape index (κ2) is 11.7. The van der Waals surface area contributed by atoms with Crippen molar-refractivity contribution in [2.24, 2.45) is 5.92 Å². The Morgan fingerprint density at radius 2 is 2.05 bits per heavy atom. The molecule has 206 valence electrons. The first-order valence-corrected chi connectivity index (χ1v) is 12.8. The maximum absolute atomic E-state index is 14.3. The topological polar surface area (TPSA) is 154 Å². The van der Waals surface area contributed by atoms with Crippen molar-refractivity contribution in [3.63, 3.8) is 0 Å². The monoisotopic (exact) mass is 537 g/mol. The van der Waals surface area contributed by atoms with Gasteiger partial charge in [0.1, 0.15) is 12.2 Å². The Morgan fingerprint density at radius 1 is 1.28 bits per heavy atom. The number of hydrogen-bond acceptors (Lipinski definition) is 8. The summed E-state index contributed by atoms with van der Waals surface area (Å²) < 4.78 is 21.1. The Labute approximate surface area is 225 Å². The van der Waals surface area contributed by atoms with Crippen LogP contribution in [-0.4, -0.2) is 69.2 Å². The van der Waals surface area contributed by atoms with E-state index in [0.29, 0.717) is 35.8 Å². The van der Waals surface area contributed by atoms with Crippen LogP contribution in [-0.2, 0) is 4.74 Å². The number of halogens is 1. The Bertz CT molecular complexity index is 1390. The van der Waals surface area contributed by atoms with Crippen molar-refractivity contribution in [3.05, 3.63) is 47.8 Å². The van der Waals surface area contributed by atoms with E-state index in [1.54, 1.807) is 16.6 Å². The fraction of sp³-hybridized carbons (Fsp3) is 0.444. The number of nitrogens with zero attached hydrogens (tertiary/aromatic N) is 4. The summed E-state index contributed by atoms with van der Waals surface area (Å²) in [5.74, 6) is -0.341. The van der Waals surface area contributed by atoms with Crippen LogP contribution >= 0.6 is 0 Å². The molecule has 3 heterocycles. The molecule has 0 spiro atoms. The number of aliphatic hydroxyl groups is 1. The number of hydrogen-bond donors (Lipinski definition) is 4. The third kappa shape index (κ3) is 6.61. The molecule has 1 atom stereocenters. The highest BCUT2D eigenvalue weighted by Crippen LogP contribution is 2.33. The molecule has 0 unspecified atom stereocenters. The number of nitrogens with one attached hydrogen (secondary N) is 3. The molecule has 4 N–H and O–H groups in total. The average molecular weight is 538 g/mol. The highest BCUT2D eigenvalue weighted by atomic mass is 19.1. The number of nitriles is 1. The molecule has 1 aliphatic carbocycles. The van der Waals surface area contributed by atoms with E-state index in [2.05, 4.69) is 32.1 Å². The number of pyridine rings is 1. The summed E-state index contributed by atoms with van der Waals surface area (Å²) in [5.41, 5.74) is 1.50. The number of amides is 2. The molecule has 0 bridgehead atoms. The molecule has 1 aliphatic rings. The lowest BCUT2D eigenvalue weighted by atomic mass is 9.80. The van der Waals surface area contributed by atoms with Gasteiger partial charge in [-0.3, -0.25) is 9.78 Å². The van der Waals surface area contributed by atoms with Gasteiger partial charge >= 0.3 is 6.09 Å². The summed E-state index contributed by atoms with van der Waals surface area (Å²) in [7, 11) is 0. The van der Waals surface area contributed by atoms with Crippen LogP contribution < -0.4 is 16.0 Å². The highest BCUT2D eigenvalue weighted by molar-refractivity contribution is 6.00. The van der Waals surface area contributed by atoms with E-state index >= 15 is 0 Å². The average Bonchev–Trinajstić information content (AvgIpc) is 3.31. The summed E-state index contributed by atoms with van der Waals surface area (Å²) in [5, 5.41) is 31.9. The third-order valence-corrected chi connectivity index (χ3v) is 6.62. The molecule has 1 saturated carbocycles. The van der Waals surface area contributed by atoms with Gasteiger partial charge in [0.05, 0.1) is 58.7 Å². The lowest BCUT2D eigenvalue weighted by molar-refractivity contribution is -0.00178. The van der Waals surface area contributed by atoms with Crippen LogP contribution in [0.4, 0.5) is 14.9 Å². The molecule has 0 radical (unpaired) electrons. The van der Waals surface area contributed by atoms with E-state index in [9.17, 15) is 19.1 Å². The first-order chi connectivity index (χ1) is 18.6. The quantitative estimate of drug-likeness (QED) is 0.308. The number of ether oxygens (including phenoxy) is 1. The molecule has 0 aliphatic heterocycles. The van der Waals surface area contributed by atoms with Crippen LogP contribution in [0.3, 0.4) is 0 Å². The summed E-state index contributed by atoms with van der Waals surface area (Å²) in [6, 6.07) is 9.19. The van der Waals surface area contributed by atoms with Gasteiger partial charge in [-0.25, -0.2) is 13.7 Å². The van der Waals surface area contributed by atoms with Crippen molar-refractivity contribution in [1.29, 1.82) is 5.26 Å². The van der Waals surface area contributed by atoms with Gasteiger partial charge in [-0.1, -0.05) is 0 Å². The van der Waals surface area contributed by atoms with Crippen LogP contribution in [0.25, 0.3) is 16.9 Å². The summed E-state index contributed by atoms with van der Waals surface area (Å²) in [6.07, 6.45) is 2.25. The molecule has 11 nitrogen and oxygen atoms in total. The van der Waals surface area contributed by atoms with Crippen LogP contribution in [0.15, 0.2) is 36.7 Å². The number of carbonyl (C=O) groups is 2. The number of anilines is 1. The number of alkyl carbamates (subject to hydrolysis) is 1. The number of carbonyl (C=O) groups excluding carboxylic acids is 2. The van der Waals surface area contributed by atoms with Gasteiger partial charge in [0, 0.05) is 18.8 Å². The fourth-order valence-corrected chi connectivity index (χ4v) is 4.28. The molecule has 0 saturated heterocycles. The number of rotatable bonds is 10. The van der Waals surface area contributed by atoms with E-state index in [1.807, 2.05) is 19.1 Å². The van der Waals surface area contributed by atoms with Crippen molar-refractivity contribution >= 4 is 23.2 Å². The Balaban J connectivity index is 1.54. The van der Waals surface area contributed by atoms with Crippen molar-refractivity contribution in [2.45, 2.75) is 51.4 Å². The predicted octanol–water partition coefficient (Wildman–Crippen LogP) is 3.04. The molecule has 3 aromatic rings. The molecule has 4 rings (SSSR count). The smallest absolute Gasteiger partial charge is 0.407 e. The van der Waals surface area contributed by atoms with Gasteiger partial charge in [-0.05, 0) is 63.8 Å². The fourth-order valence-electron chi connectivity index (χ4n) is 4.28. The molecule has 39 heavy (non-hydrogen) atoms. The molecule has 3 aromatic heterocycles. The molecule has 1 fully saturated rings. The Kier molecular flexibility index (Phi) is 8.30.